The predicted octanol–water partition coefficient (Wildman–Crippen LogP) is 2.49. The molecule has 2 heterocycles. The molecule has 3 aliphatic rings. The van der Waals surface area contributed by atoms with E-state index in [1.807, 2.05) is 45.0 Å². The molecule has 2 amide bonds. The van der Waals surface area contributed by atoms with Crippen LogP contribution in [0.1, 0.15) is 66.3 Å². The van der Waals surface area contributed by atoms with Crippen molar-refractivity contribution >= 4 is 17.8 Å². The largest absolute Gasteiger partial charge is 0.492 e. The summed E-state index contributed by atoms with van der Waals surface area (Å²) in [5.74, 6) is 0.251. The van der Waals surface area contributed by atoms with E-state index in [1.165, 1.54) is 4.90 Å². The summed E-state index contributed by atoms with van der Waals surface area (Å²) in [5.41, 5.74) is 8.15. The first-order valence-electron chi connectivity index (χ1n) is 12.5. The molecule has 4 atom stereocenters. The quantitative estimate of drug-likeness (QED) is 0.572. The number of guanidine groups is 1. The molecule has 9 heteroatoms. The Hall–Kier alpha value is -3.43. The topological polar surface area (TPSA) is 126 Å². The van der Waals surface area contributed by atoms with E-state index in [0.29, 0.717) is 36.5 Å². The van der Waals surface area contributed by atoms with Crippen molar-refractivity contribution in [1.29, 1.82) is 0 Å². The van der Waals surface area contributed by atoms with Gasteiger partial charge in [0.25, 0.3) is 5.91 Å². The maximum atomic E-state index is 13.4. The zero-order valence-electron chi connectivity index (χ0n) is 21.7. The number of amides is 2. The zero-order valence-corrected chi connectivity index (χ0v) is 21.7. The van der Waals surface area contributed by atoms with Crippen molar-refractivity contribution in [3.63, 3.8) is 0 Å². The molecule has 0 saturated heterocycles. The van der Waals surface area contributed by atoms with Crippen LogP contribution in [0.25, 0.3) is 0 Å². The lowest BCUT2D eigenvalue weighted by molar-refractivity contribution is -0.136. The standard InChI is InChI=1S/C28H34N4O5/c1-27(2)13-22(34)32(26(29)31-27)24-19-11-17(9-10-21(19)37-15-28(24,3)14-36-4)25(35)30-23-18-8-6-5-7-16(18)12-20(23)33/h5-11,20,23-24,33H,12-15H2,1-4H3,(H2,29,31)(H,30,35)/t20-,23-,24?,28+/m1/s1. The normalized spacial score (nSPS) is 28.1. The van der Waals surface area contributed by atoms with E-state index in [9.17, 15) is 14.7 Å². The monoisotopic (exact) mass is 506 g/mol. The number of aliphatic hydroxyl groups is 1. The summed E-state index contributed by atoms with van der Waals surface area (Å²) in [5, 5.41) is 13.6. The van der Waals surface area contributed by atoms with Crippen LogP contribution in [-0.2, 0) is 16.0 Å². The Bertz CT molecular complexity index is 1270. The van der Waals surface area contributed by atoms with Gasteiger partial charge in [0.15, 0.2) is 5.96 Å². The maximum absolute atomic E-state index is 13.4. The number of carbonyl (C=O) groups excluding carboxylic acids is 2. The third kappa shape index (κ3) is 4.46. The summed E-state index contributed by atoms with van der Waals surface area (Å²) in [6.07, 6.45) is -0.00371. The van der Waals surface area contributed by atoms with Crippen molar-refractivity contribution in [2.24, 2.45) is 16.1 Å². The molecule has 0 spiro atoms. The summed E-state index contributed by atoms with van der Waals surface area (Å²) in [7, 11) is 1.60. The zero-order chi connectivity index (χ0) is 26.5. The SMILES string of the molecule is COC[C@@]1(C)COc2ccc(C(=O)N[C@@H]3c4ccccc4C[C@H]3O)cc2C1N1C(=O)CC(C)(C)N=C1N. The van der Waals surface area contributed by atoms with E-state index >= 15 is 0 Å². The van der Waals surface area contributed by atoms with E-state index in [2.05, 4.69) is 10.3 Å². The van der Waals surface area contributed by atoms with Crippen molar-refractivity contribution in [1.82, 2.24) is 10.2 Å². The Balaban J connectivity index is 1.52. The lowest BCUT2D eigenvalue weighted by atomic mass is 9.76. The average Bonchev–Trinajstić information content (AvgIpc) is 3.14. The molecular weight excluding hydrogens is 472 g/mol. The summed E-state index contributed by atoms with van der Waals surface area (Å²) in [6.45, 7) is 6.33. The van der Waals surface area contributed by atoms with Crippen LogP contribution in [-0.4, -0.2) is 59.7 Å². The Morgan fingerprint density at radius 3 is 2.73 bits per heavy atom. The fourth-order valence-electron chi connectivity index (χ4n) is 5.87. The molecule has 2 aromatic carbocycles. The number of benzene rings is 2. The summed E-state index contributed by atoms with van der Waals surface area (Å²) in [4.78, 5) is 32.9. The molecule has 2 aromatic rings. The van der Waals surface area contributed by atoms with Crippen molar-refractivity contribution in [2.45, 2.75) is 57.3 Å². The van der Waals surface area contributed by atoms with Crippen LogP contribution in [0.15, 0.2) is 47.5 Å². The van der Waals surface area contributed by atoms with E-state index in [4.69, 9.17) is 15.2 Å². The minimum atomic E-state index is -0.703. The minimum Gasteiger partial charge on any atom is -0.492 e. The third-order valence-corrected chi connectivity index (χ3v) is 7.52. The lowest BCUT2D eigenvalue weighted by Gasteiger charge is -2.48. The number of aliphatic hydroxyl groups excluding tert-OH is 1. The smallest absolute Gasteiger partial charge is 0.251 e. The van der Waals surface area contributed by atoms with Gasteiger partial charge in [0.2, 0.25) is 5.91 Å². The number of methoxy groups -OCH3 is 1. The van der Waals surface area contributed by atoms with Gasteiger partial charge in [0.05, 0.1) is 48.8 Å². The van der Waals surface area contributed by atoms with Gasteiger partial charge in [-0.3, -0.25) is 14.5 Å². The molecule has 9 nitrogen and oxygen atoms in total. The summed E-state index contributed by atoms with van der Waals surface area (Å²) >= 11 is 0. The van der Waals surface area contributed by atoms with Crippen LogP contribution in [0.5, 0.6) is 5.75 Å². The van der Waals surface area contributed by atoms with Gasteiger partial charge in [-0.15, -0.1) is 0 Å². The van der Waals surface area contributed by atoms with Crippen LogP contribution < -0.4 is 15.8 Å². The molecule has 37 heavy (non-hydrogen) atoms. The number of nitrogens with two attached hydrogens (primary N) is 1. The summed E-state index contributed by atoms with van der Waals surface area (Å²) < 4.78 is 11.6. The molecular formula is C28H34N4O5. The minimum absolute atomic E-state index is 0.141. The van der Waals surface area contributed by atoms with Gasteiger partial charge in [-0.1, -0.05) is 31.2 Å². The molecule has 0 aromatic heterocycles. The highest BCUT2D eigenvalue weighted by atomic mass is 16.5. The van der Waals surface area contributed by atoms with Gasteiger partial charge in [-0.05, 0) is 43.2 Å². The number of nitrogens with zero attached hydrogens (tertiary/aromatic N) is 2. The van der Waals surface area contributed by atoms with Gasteiger partial charge < -0.3 is 25.6 Å². The molecule has 2 aliphatic heterocycles. The first kappa shape index (κ1) is 25.2. The fourth-order valence-corrected chi connectivity index (χ4v) is 5.87. The van der Waals surface area contributed by atoms with E-state index in [1.54, 1.807) is 25.3 Å². The van der Waals surface area contributed by atoms with Crippen molar-refractivity contribution in [2.75, 3.05) is 20.3 Å². The van der Waals surface area contributed by atoms with Gasteiger partial charge in [0, 0.05) is 24.7 Å². The second kappa shape index (κ2) is 9.15. The highest BCUT2D eigenvalue weighted by Crippen LogP contribution is 2.48. The number of carbonyl (C=O) groups is 2. The number of aliphatic imine (C=N–C) groups is 1. The summed E-state index contributed by atoms with van der Waals surface area (Å²) in [6, 6.07) is 11.8. The van der Waals surface area contributed by atoms with Crippen molar-refractivity contribution in [3.8, 4) is 5.75 Å². The number of hydrogen-bond donors (Lipinski definition) is 3. The molecule has 4 N–H and O–H groups in total. The second-order valence-electron chi connectivity index (χ2n) is 11.2. The van der Waals surface area contributed by atoms with Crippen LogP contribution in [0.4, 0.5) is 0 Å². The lowest BCUT2D eigenvalue weighted by Crippen LogP contribution is -2.57. The van der Waals surface area contributed by atoms with Crippen LogP contribution in [0.3, 0.4) is 0 Å². The average molecular weight is 507 g/mol. The molecule has 0 radical (unpaired) electrons. The highest BCUT2D eigenvalue weighted by molar-refractivity contribution is 6.00. The predicted molar refractivity (Wildman–Crippen MR) is 138 cm³/mol. The van der Waals surface area contributed by atoms with Gasteiger partial charge in [0.1, 0.15) is 5.75 Å². The Labute approximate surface area is 216 Å². The third-order valence-electron chi connectivity index (χ3n) is 7.52. The maximum Gasteiger partial charge on any atom is 0.251 e. The molecule has 5 rings (SSSR count). The number of hydrogen-bond acceptors (Lipinski definition) is 7. The molecule has 1 aliphatic carbocycles. The Kier molecular flexibility index (Phi) is 6.24. The number of fused-ring (bicyclic) bond motifs is 2. The fraction of sp³-hybridized carbons (Fsp3) is 0.464. The molecule has 1 unspecified atom stereocenters. The van der Waals surface area contributed by atoms with Crippen LogP contribution in [0.2, 0.25) is 0 Å². The molecule has 196 valence electrons. The first-order chi connectivity index (χ1) is 17.5. The number of ether oxygens (including phenoxy) is 2. The van der Waals surface area contributed by atoms with Crippen LogP contribution in [0, 0.1) is 5.41 Å². The number of nitrogens with one attached hydrogen (secondary N) is 1. The van der Waals surface area contributed by atoms with Gasteiger partial charge >= 0.3 is 0 Å². The van der Waals surface area contributed by atoms with Gasteiger partial charge in [-0.2, -0.15) is 0 Å². The Morgan fingerprint density at radius 1 is 1.24 bits per heavy atom. The highest BCUT2D eigenvalue weighted by Gasteiger charge is 2.49. The van der Waals surface area contributed by atoms with E-state index < -0.39 is 29.1 Å². The second-order valence-corrected chi connectivity index (χ2v) is 11.2. The van der Waals surface area contributed by atoms with Gasteiger partial charge in [-0.25, -0.2) is 4.99 Å². The molecule has 0 fully saturated rings. The van der Waals surface area contributed by atoms with Crippen molar-refractivity contribution < 1.29 is 24.2 Å². The first-order valence-corrected chi connectivity index (χ1v) is 12.5. The van der Waals surface area contributed by atoms with Crippen molar-refractivity contribution in [3.05, 3.63) is 64.7 Å². The molecule has 0 saturated carbocycles. The van der Waals surface area contributed by atoms with E-state index in [0.717, 1.165) is 11.1 Å². The number of rotatable bonds is 5. The molecule has 0 bridgehead atoms. The Morgan fingerprint density at radius 2 is 2.00 bits per heavy atom. The van der Waals surface area contributed by atoms with Crippen LogP contribution >= 0.6 is 0 Å². The van der Waals surface area contributed by atoms with E-state index in [-0.39, 0.29) is 24.2 Å².